The van der Waals surface area contributed by atoms with Crippen LogP contribution in [0.3, 0.4) is 0 Å². The topological polar surface area (TPSA) is 134 Å². The fourth-order valence-electron chi connectivity index (χ4n) is 8.57. The number of unbranched alkanes of at least 4 members (excludes halogenated alkanes) is 2. The number of carboxylic acid groups (broad SMARTS) is 1. The number of phenols is 1. The Morgan fingerprint density at radius 2 is 1.51 bits per heavy atom. The number of carbonyl (C=O) groups is 3. The molecule has 2 amide bonds. The Morgan fingerprint density at radius 3 is 2.08 bits per heavy atom. The van der Waals surface area contributed by atoms with Gasteiger partial charge in [0, 0.05) is 31.4 Å². The molecule has 3 aromatic rings. The number of nitrogens with zero attached hydrogens (tertiary/aromatic N) is 1. The number of hydrogen-bond donors (Lipinski definition) is 3. The van der Waals surface area contributed by atoms with Gasteiger partial charge in [-0.05, 0) is 58.8 Å². The molecule has 260 valence electrons. The van der Waals surface area contributed by atoms with Crippen LogP contribution in [0.2, 0.25) is 5.04 Å². The van der Waals surface area contributed by atoms with E-state index in [1.807, 2.05) is 36.4 Å². The van der Waals surface area contributed by atoms with Crippen molar-refractivity contribution in [2.75, 3.05) is 13.2 Å². The lowest BCUT2D eigenvalue weighted by Crippen LogP contribution is -2.67. The molecule has 2 saturated heterocycles. The van der Waals surface area contributed by atoms with Crippen molar-refractivity contribution < 1.29 is 38.9 Å². The molecular weight excluding hydrogens is 639 g/mol. The van der Waals surface area contributed by atoms with Gasteiger partial charge in [-0.1, -0.05) is 100.0 Å². The van der Waals surface area contributed by atoms with Crippen molar-refractivity contribution in [3.63, 3.8) is 0 Å². The molecule has 0 unspecified atom stereocenters. The van der Waals surface area contributed by atoms with Gasteiger partial charge >= 0.3 is 5.97 Å². The summed E-state index contributed by atoms with van der Waals surface area (Å²) in [5.41, 5.74) is 0.774. The van der Waals surface area contributed by atoms with Crippen LogP contribution in [-0.4, -0.2) is 65.3 Å². The molecule has 3 aromatic carbocycles. The zero-order chi connectivity index (χ0) is 35.0. The fourth-order valence-corrected chi connectivity index (χ4v) is 13.2. The van der Waals surface area contributed by atoms with Crippen molar-refractivity contribution in [3.8, 4) is 5.75 Å². The quantitative estimate of drug-likeness (QED) is 0.138. The number of aliphatic carboxylic acids is 1. The number of carboxylic acids is 1. The summed E-state index contributed by atoms with van der Waals surface area (Å²) in [5.74, 6) is -5.62. The van der Waals surface area contributed by atoms with Crippen LogP contribution in [0.25, 0.3) is 0 Å². The fraction of sp³-hybridized carbons (Fsp3) is 0.462. The van der Waals surface area contributed by atoms with Crippen LogP contribution in [0.1, 0.15) is 71.0 Å². The van der Waals surface area contributed by atoms with Gasteiger partial charge in [-0.3, -0.25) is 19.3 Å². The molecule has 6 atom stereocenters. The van der Waals surface area contributed by atoms with E-state index in [1.165, 1.54) is 4.90 Å². The first-order valence-corrected chi connectivity index (χ1v) is 19.3. The SMILES string of the molecule is CC(C)(C)[Si](OC[C@H]1C[C@@H]2C(=O)N(CCCCCC(=O)O)C(=O)[C@@H]2[C@@H]2C[C@@H](c3ccc(O)cc3)O[C@]12O)(c1ccccc1)c1ccccc1. The minimum Gasteiger partial charge on any atom is -0.508 e. The predicted molar refractivity (Wildman–Crippen MR) is 186 cm³/mol. The molecule has 2 heterocycles. The van der Waals surface area contributed by atoms with Gasteiger partial charge in [-0.25, -0.2) is 0 Å². The number of imide groups is 1. The second kappa shape index (κ2) is 13.8. The first-order chi connectivity index (χ1) is 23.4. The average Bonchev–Trinajstić information content (AvgIpc) is 3.55. The van der Waals surface area contributed by atoms with Crippen molar-refractivity contribution in [1.82, 2.24) is 4.90 Å². The normalized spacial score (nSPS) is 26.9. The third kappa shape index (κ3) is 6.47. The molecule has 9 nitrogen and oxygen atoms in total. The molecule has 0 bridgehead atoms. The Balaban J connectivity index is 1.34. The third-order valence-electron chi connectivity index (χ3n) is 10.9. The van der Waals surface area contributed by atoms with Crippen LogP contribution in [-0.2, 0) is 23.5 Å². The number of benzene rings is 3. The summed E-state index contributed by atoms with van der Waals surface area (Å²) in [4.78, 5) is 40.3. The highest BCUT2D eigenvalue weighted by molar-refractivity contribution is 6.99. The van der Waals surface area contributed by atoms with Crippen LogP contribution < -0.4 is 10.4 Å². The van der Waals surface area contributed by atoms with E-state index in [9.17, 15) is 24.6 Å². The largest absolute Gasteiger partial charge is 0.508 e. The number of likely N-dealkylation sites (tertiary alicyclic amines) is 1. The summed E-state index contributed by atoms with van der Waals surface area (Å²) < 4.78 is 13.9. The number of fused-ring (bicyclic) bond motifs is 3. The molecule has 6 rings (SSSR count). The van der Waals surface area contributed by atoms with Gasteiger partial charge in [0.05, 0.1) is 17.9 Å². The highest BCUT2D eigenvalue weighted by Gasteiger charge is 2.67. The molecule has 10 heteroatoms. The minimum absolute atomic E-state index is 0.0469. The van der Waals surface area contributed by atoms with E-state index in [0.717, 1.165) is 15.9 Å². The highest BCUT2D eigenvalue weighted by Crippen LogP contribution is 2.58. The van der Waals surface area contributed by atoms with E-state index in [0.29, 0.717) is 25.7 Å². The minimum atomic E-state index is -3.01. The molecule has 1 aliphatic carbocycles. The predicted octanol–water partition coefficient (Wildman–Crippen LogP) is 5.00. The Labute approximate surface area is 289 Å². The summed E-state index contributed by atoms with van der Waals surface area (Å²) in [6.45, 7) is 6.92. The maximum Gasteiger partial charge on any atom is 0.303 e. The lowest BCUT2D eigenvalue weighted by atomic mass is 9.64. The number of phenolic OH excluding ortho intramolecular Hbond substituents is 1. The molecule has 2 aliphatic heterocycles. The monoisotopic (exact) mass is 685 g/mol. The van der Waals surface area contributed by atoms with E-state index in [1.54, 1.807) is 24.3 Å². The zero-order valence-electron chi connectivity index (χ0n) is 28.5. The Morgan fingerprint density at radius 1 is 0.898 bits per heavy atom. The molecule has 0 radical (unpaired) electrons. The average molecular weight is 686 g/mol. The standard InChI is InChI=1S/C39H47NO8Si/c1-38(2,3)49(29-13-7-4-8-14-29,30-15-9-5-10-16-30)47-25-27-23-31-35(37(45)40(36(31)44)22-12-6-11-17-34(42)43)32-24-33(48-39(27,32)46)26-18-20-28(41)21-19-26/h4-5,7-10,13-16,18-21,27,31-33,35,41,46H,6,11-12,17,22-25H2,1-3H3,(H,42,43)/t27-,31+,32+,33+,35+,39-/m1/s1. The van der Waals surface area contributed by atoms with Crippen molar-refractivity contribution in [2.24, 2.45) is 23.7 Å². The number of aromatic hydroxyl groups is 1. The lowest BCUT2D eigenvalue weighted by Gasteiger charge is -2.48. The van der Waals surface area contributed by atoms with Gasteiger partial charge < -0.3 is 24.5 Å². The highest BCUT2D eigenvalue weighted by atomic mass is 28.4. The maximum absolute atomic E-state index is 14.0. The molecule has 3 N–H and O–H groups in total. The summed E-state index contributed by atoms with van der Waals surface area (Å²) in [5, 5.41) is 33.5. The van der Waals surface area contributed by atoms with Gasteiger partial charge in [-0.2, -0.15) is 0 Å². The van der Waals surface area contributed by atoms with Crippen molar-refractivity contribution in [2.45, 2.75) is 76.2 Å². The Kier molecular flexibility index (Phi) is 9.87. The van der Waals surface area contributed by atoms with Crippen LogP contribution in [0.15, 0.2) is 84.9 Å². The smallest absolute Gasteiger partial charge is 0.303 e. The van der Waals surface area contributed by atoms with Crippen LogP contribution in [0.5, 0.6) is 5.75 Å². The first-order valence-electron chi connectivity index (χ1n) is 17.4. The van der Waals surface area contributed by atoms with Gasteiger partial charge in [0.25, 0.3) is 8.32 Å². The van der Waals surface area contributed by atoms with Gasteiger partial charge in [0.1, 0.15) is 5.75 Å². The second-order valence-electron chi connectivity index (χ2n) is 14.9. The van der Waals surface area contributed by atoms with Gasteiger partial charge in [0.2, 0.25) is 11.8 Å². The second-order valence-corrected chi connectivity index (χ2v) is 19.2. The van der Waals surface area contributed by atoms with Gasteiger partial charge in [0.15, 0.2) is 5.79 Å². The summed E-state index contributed by atoms with van der Waals surface area (Å²) >= 11 is 0. The lowest BCUT2D eigenvalue weighted by molar-refractivity contribution is -0.273. The van der Waals surface area contributed by atoms with E-state index >= 15 is 0 Å². The molecule has 3 aliphatic rings. The third-order valence-corrected chi connectivity index (χ3v) is 15.9. The number of aliphatic hydroxyl groups is 1. The summed E-state index contributed by atoms with van der Waals surface area (Å²) in [6, 6.07) is 27.2. The number of carbonyl (C=O) groups excluding carboxylic acids is 2. The van der Waals surface area contributed by atoms with Crippen molar-refractivity contribution in [1.29, 1.82) is 0 Å². The molecule has 3 fully saturated rings. The van der Waals surface area contributed by atoms with Crippen LogP contribution >= 0.6 is 0 Å². The molecule has 49 heavy (non-hydrogen) atoms. The number of hydrogen-bond acceptors (Lipinski definition) is 7. The van der Waals surface area contributed by atoms with E-state index < -0.39 is 49.8 Å². The molecular formula is C39H47NO8Si. The van der Waals surface area contributed by atoms with Gasteiger partial charge in [-0.15, -0.1) is 0 Å². The molecule has 0 spiro atoms. The Bertz CT molecular complexity index is 1600. The zero-order valence-corrected chi connectivity index (χ0v) is 29.5. The maximum atomic E-state index is 14.0. The van der Waals surface area contributed by atoms with E-state index in [4.69, 9.17) is 14.3 Å². The number of ether oxygens (including phenoxy) is 1. The Hall–Kier alpha value is -3.83. The molecule has 0 aromatic heterocycles. The van der Waals surface area contributed by atoms with Crippen molar-refractivity contribution >= 4 is 36.5 Å². The summed E-state index contributed by atoms with van der Waals surface area (Å²) in [6.07, 6.45) is 1.66. The summed E-state index contributed by atoms with van der Waals surface area (Å²) in [7, 11) is -3.01. The molecule has 1 saturated carbocycles. The van der Waals surface area contributed by atoms with Crippen molar-refractivity contribution in [3.05, 3.63) is 90.5 Å². The van der Waals surface area contributed by atoms with Crippen LogP contribution in [0, 0.1) is 23.7 Å². The first kappa shape index (κ1) is 35.0. The van der Waals surface area contributed by atoms with E-state index in [-0.39, 0.29) is 48.6 Å². The number of rotatable bonds is 12. The van der Waals surface area contributed by atoms with E-state index in [2.05, 4.69) is 45.0 Å². The number of amides is 2. The van der Waals surface area contributed by atoms with Crippen LogP contribution in [0.4, 0.5) is 0 Å².